The van der Waals surface area contributed by atoms with Gasteiger partial charge in [-0.05, 0) is 44.4 Å². The van der Waals surface area contributed by atoms with Crippen molar-refractivity contribution >= 4 is 11.6 Å². The molecule has 0 bridgehead atoms. The van der Waals surface area contributed by atoms with Crippen molar-refractivity contribution in [2.24, 2.45) is 10.8 Å². The first kappa shape index (κ1) is 13.2. The van der Waals surface area contributed by atoms with E-state index in [4.69, 9.17) is 11.6 Å². The molecule has 0 aromatic heterocycles. The van der Waals surface area contributed by atoms with Crippen LogP contribution in [-0.2, 0) is 0 Å². The molecule has 1 spiro atoms. The van der Waals surface area contributed by atoms with Crippen molar-refractivity contribution in [3.63, 3.8) is 0 Å². The summed E-state index contributed by atoms with van der Waals surface area (Å²) in [7, 11) is 0. The van der Waals surface area contributed by atoms with Crippen LogP contribution in [0, 0.1) is 10.8 Å². The minimum absolute atomic E-state index is 0.0859. The SMILES string of the molecule is C=C1CC(O)CC(C)(C)C12CCC(C)=C(Cl)C2. The Kier molecular flexibility index (Phi) is 3.20. The number of aliphatic hydroxyl groups excluding tert-OH is 1. The van der Waals surface area contributed by atoms with E-state index in [1.165, 1.54) is 11.1 Å². The quantitative estimate of drug-likeness (QED) is 0.635. The molecule has 0 amide bonds. The van der Waals surface area contributed by atoms with Crippen molar-refractivity contribution in [1.29, 1.82) is 0 Å². The van der Waals surface area contributed by atoms with Crippen LogP contribution in [0.1, 0.15) is 52.9 Å². The fraction of sp³-hybridized carbons (Fsp3) is 0.733. The standard InChI is InChI=1S/C15H23ClO/c1-10-5-6-15(9-13(10)16)11(2)7-12(17)8-14(15,3)4/h12,17H,2,5-9H2,1,3-4H3. The van der Waals surface area contributed by atoms with Crippen LogP contribution >= 0.6 is 11.6 Å². The Bertz CT molecular complexity index is 380. The lowest BCUT2D eigenvalue weighted by Gasteiger charge is -2.55. The predicted molar refractivity (Wildman–Crippen MR) is 73.0 cm³/mol. The summed E-state index contributed by atoms with van der Waals surface area (Å²) >= 11 is 6.39. The highest BCUT2D eigenvalue weighted by Gasteiger charge is 2.51. The normalized spacial score (nSPS) is 37.7. The molecule has 1 N–H and O–H groups in total. The molecule has 2 aliphatic rings. The monoisotopic (exact) mass is 254 g/mol. The van der Waals surface area contributed by atoms with Crippen molar-refractivity contribution in [3.8, 4) is 0 Å². The van der Waals surface area contributed by atoms with E-state index >= 15 is 0 Å². The highest BCUT2D eigenvalue weighted by molar-refractivity contribution is 6.30. The summed E-state index contributed by atoms with van der Waals surface area (Å²) in [6, 6.07) is 0. The third-order valence-electron chi connectivity index (χ3n) is 5.05. The highest BCUT2D eigenvalue weighted by Crippen LogP contribution is 2.61. The molecule has 2 heteroatoms. The van der Waals surface area contributed by atoms with Gasteiger partial charge >= 0.3 is 0 Å². The topological polar surface area (TPSA) is 20.2 Å². The van der Waals surface area contributed by atoms with Crippen LogP contribution in [0.2, 0.25) is 0 Å². The number of allylic oxidation sites excluding steroid dienone is 2. The van der Waals surface area contributed by atoms with Crippen molar-refractivity contribution in [1.82, 2.24) is 0 Å². The molecular weight excluding hydrogens is 232 g/mol. The Hall–Kier alpha value is -0.270. The smallest absolute Gasteiger partial charge is 0.0582 e. The number of aliphatic hydroxyl groups is 1. The van der Waals surface area contributed by atoms with Gasteiger partial charge in [0.1, 0.15) is 0 Å². The maximum absolute atomic E-state index is 9.94. The van der Waals surface area contributed by atoms with E-state index in [0.29, 0.717) is 0 Å². The largest absolute Gasteiger partial charge is 0.393 e. The summed E-state index contributed by atoms with van der Waals surface area (Å²) in [6.45, 7) is 10.9. The molecule has 1 fully saturated rings. The van der Waals surface area contributed by atoms with Gasteiger partial charge < -0.3 is 5.11 Å². The molecule has 2 rings (SSSR count). The molecule has 0 aromatic rings. The summed E-state index contributed by atoms with van der Waals surface area (Å²) in [5, 5.41) is 11.0. The number of hydrogen-bond acceptors (Lipinski definition) is 1. The average molecular weight is 255 g/mol. The van der Waals surface area contributed by atoms with Crippen LogP contribution < -0.4 is 0 Å². The van der Waals surface area contributed by atoms with Gasteiger partial charge in [0.2, 0.25) is 0 Å². The maximum atomic E-state index is 9.94. The zero-order chi connectivity index (χ0) is 12.8. The van der Waals surface area contributed by atoms with Gasteiger partial charge in [-0.2, -0.15) is 0 Å². The van der Waals surface area contributed by atoms with Gasteiger partial charge in [0.15, 0.2) is 0 Å². The lowest BCUT2D eigenvalue weighted by molar-refractivity contribution is -0.0103. The zero-order valence-corrected chi connectivity index (χ0v) is 11.9. The van der Waals surface area contributed by atoms with E-state index in [0.717, 1.165) is 37.1 Å². The van der Waals surface area contributed by atoms with Crippen LogP contribution in [-0.4, -0.2) is 11.2 Å². The number of rotatable bonds is 0. The van der Waals surface area contributed by atoms with Gasteiger partial charge in [0.25, 0.3) is 0 Å². The second kappa shape index (κ2) is 4.13. The predicted octanol–water partition coefficient (Wildman–Crippen LogP) is 4.41. The highest BCUT2D eigenvalue weighted by atomic mass is 35.5. The minimum Gasteiger partial charge on any atom is -0.393 e. The second-order valence-corrected chi connectivity index (χ2v) is 6.95. The second-order valence-electron chi connectivity index (χ2n) is 6.49. The van der Waals surface area contributed by atoms with Crippen LogP contribution in [0.25, 0.3) is 0 Å². The lowest BCUT2D eigenvalue weighted by atomic mass is 9.51. The van der Waals surface area contributed by atoms with Crippen LogP contribution in [0.4, 0.5) is 0 Å². The van der Waals surface area contributed by atoms with Gasteiger partial charge in [-0.25, -0.2) is 0 Å². The molecule has 2 aliphatic carbocycles. The summed E-state index contributed by atoms with van der Waals surface area (Å²) in [5.74, 6) is 0. The number of hydrogen-bond donors (Lipinski definition) is 1. The van der Waals surface area contributed by atoms with Crippen LogP contribution in [0.3, 0.4) is 0 Å². The first-order valence-electron chi connectivity index (χ1n) is 6.49. The molecular formula is C15H23ClO. The van der Waals surface area contributed by atoms with Crippen molar-refractivity contribution < 1.29 is 5.11 Å². The molecule has 1 nitrogen and oxygen atoms in total. The first-order valence-corrected chi connectivity index (χ1v) is 6.87. The third kappa shape index (κ3) is 1.98. The van der Waals surface area contributed by atoms with Gasteiger partial charge in [-0.3, -0.25) is 0 Å². The minimum atomic E-state index is -0.228. The fourth-order valence-corrected chi connectivity index (χ4v) is 4.06. The summed E-state index contributed by atoms with van der Waals surface area (Å²) < 4.78 is 0. The Morgan fingerprint density at radius 1 is 1.41 bits per heavy atom. The first-order chi connectivity index (χ1) is 7.78. The molecule has 2 atom stereocenters. The van der Waals surface area contributed by atoms with Crippen molar-refractivity contribution in [3.05, 3.63) is 22.8 Å². The molecule has 0 aliphatic heterocycles. The van der Waals surface area contributed by atoms with Gasteiger partial charge in [0.05, 0.1) is 6.10 Å². The van der Waals surface area contributed by atoms with E-state index in [9.17, 15) is 5.11 Å². The van der Waals surface area contributed by atoms with Crippen molar-refractivity contribution in [2.45, 2.75) is 59.0 Å². The molecule has 0 heterocycles. The zero-order valence-electron chi connectivity index (χ0n) is 11.1. The lowest BCUT2D eigenvalue weighted by Crippen LogP contribution is -2.47. The molecule has 96 valence electrons. The van der Waals surface area contributed by atoms with Crippen LogP contribution in [0.15, 0.2) is 22.8 Å². The molecule has 0 saturated heterocycles. The third-order valence-corrected chi connectivity index (χ3v) is 5.50. The summed E-state index contributed by atoms with van der Waals surface area (Å²) in [6.07, 6.45) is 4.49. The van der Waals surface area contributed by atoms with Crippen molar-refractivity contribution in [2.75, 3.05) is 0 Å². The Morgan fingerprint density at radius 3 is 2.59 bits per heavy atom. The molecule has 0 aromatic carbocycles. The van der Waals surface area contributed by atoms with Gasteiger partial charge in [0, 0.05) is 10.4 Å². The Labute approximate surface area is 110 Å². The number of halogens is 1. The van der Waals surface area contributed by atoms with Gasteiger partial charge in [-0.15, -0.1) is 0 Å². The molecule has 2 unspecified atom stereocenters. The summed E-state index contributed by atoms with van der Waals surface area (Å²) in [4.78, 5) is 0. The molecule has 17 heavy (non-hydrogen) atoms. The van der Waals surface area contributed by atoms with E-state index in [-0.39, 0.29) is 16.9 Å². The molecule has 0 radical (unpaired) electrons. The van der Waals surface area contributed by atoms with E-state index in [1.807, 2.05) is 0 Å². The fourth-order valence-electron chi connectivity index (χ4n) is 3.74. The Morgan fingerprint density at radius 2 is 2.06 bits per heavy atom. The van der Waals surface area contributed by atoms with Gasteiger partial charge in [-0.1, -0.05) is 43.2 Å². The van der Waals surface area contributed by atoms with E-state index in [1.54, 1.807) is 0 Å². The Balaban J connectivity index is 2.39. The van der Waals surface area contributed by atoms with E-state index < -0.39 is 0 Å². The average Bonchev–Trinajstić information content (AvgIpc) is 2.19. The van der Waals surface area contributed by atoms with E-state index in [2.05, 4.69) is 27.4 Å². The maximum Gasteiger partial charge on any atom is 0.0582 e. The van der Waals surface area contributed by atoms with Crippen LogP contribution in [0.5, 0.6) is 0 Å². The molecule has 1 saturated carbocycles. The summed E-state index contributed by atoms with van der Waals surface area (Å²) in [5.41, 5.74) is 2.71.